The molecule has 0 unspecified atom stereocenters. The Balaban J connectivity index is 2.67. The molecule has 0 radical (unpaired) electrons. The molecule has 2 rings (SSSR count). The second-order valence-corrected chi connectivity index (χ2v) is 3.52. The van der Waals surface area contributed by atoms with E-state index >= 15 is 0 Å². The van der Waals surface area contributed by atoms with Crippen LogP contribution in [0.15, 0.2) is 35.4 Å². The number of aromatic nitrogens is 2. The molecular weight excluding hydrogens is 222 g/mol. The molecule has 17 heavy (non-hydrogen) atoms. The van der Waals surface area contributed by atoms with Crippen LogP contribution in [0.1, 0.15) is 5.69 Å². The zero-order valence-corrected chi connectivity index (χ0v) is 9.01. The predicted molar refractivity (Wildman–Crippen MR) is 61.7 cm³/mol. The maximum atomic E-state index is 11.4. The lowest BCUT2D eigenvalue weighted by Crippen LogP contribution is -2.13. The van der Waals surface area contributed by atoms with Crippen molar-refractivity contribution in [2.45, 2.75) is 6.92 Å². The van der Waals surface area contributed by atoms with Gasteiger partial charge in [-0.15, -0.1) is 0 Å². The molecule has 0 spiro atoms. The van der Waals surface area contributed by atoms with E-state index in [1.807, 2.05) is 0 Å². The molecule has 0 saturated carbocycles. The van der Waals surface area contributed by atoms with E-state index in [4.69, 9.17) is 0 Å². The number of aromatic amines is 1. The summed E-state index contributed by atoms with van der Waals surface area (Å²) in [5, 5.41) is 10.7. The lowest BCUT2D eigenvalue weighted by molar-refractivity contribution is -0.386. The molecule has 1 N–H and O–H groups in total. The van der Waals surface area contributed by atoms with E-state index in [0.29, 0.717) is 11.3 Å². The molecule has 2 heterocycles. The average molecular weight is 231 g/mol. The second kappa shape index (κ2) is 4.17. The van der Waals surface area contributed by atoms with Crippen LogP contribution in [-0.2, 0) is 0 Å². The number of pyridine rings is 2. The molecule has 2 aromatic rings. The van der Waals surface area contributed by atoms with Gasteiger partial charge in [0, 0.05) is 29.7 Å². The van der Waals surface area contributed by atoms with E-state index < -0.39 is 16.2 Å². The molecular formula is C11H9N3O3. The zero-order chi connectivity index (χ0) is 12.4. The smallest absolute Gasteiger partial charge is 0.320 e. The van der Waals surface area contributed by atoms with Gasteiger partial charge in [0.1, 0.15) is 0 Å². The number of nitrogens with one attached hydrogen (secondary N) is 1. The third kappa shape index (κ3) is 2.05. The van der Waals surface area contributed by atoms with E-state index in [1.54, 1.807) is 31.5 Å². The summed E-state index contributed by atoms with van der Waals surface area (Å²) in [6.45, 7) is 1.70. The van der Waals surface area contributed by atoms with Crippen LogP contribution in [0.4, 0.5) is 5.69 Å². The number of rotatable bonds is 2. The van der Waals surface area contributed by atoms with Gasteiger partial charge in [-0.25, -0.2) is 0 Å². The van der Waals surface area contributed by atoms with Gasteiger partial charge >= 0.3 is 11.2 Å². The number of nitrogens with zero attached hydrogens (tertiary/aromatic N) is 2. The Labute approximate surface area is 96.1 Å². The van der Waals surface area contributed by atoms with Crippen molar-refractivity contribution in [1.29, 1.82) is 0 Å². The first-order valence-electron chi connectivity index (χ1n) is 4.88. The number of hydrogen-bond donors (Lipinski definition) is 1. The van der Waals surface area contributed by atoms with Crippen molar-refractivity contribution in [2.75, 3.05) is 0 Å². The van der Waals surface area contributed by atoms with Crippen molar-refractivity contribution in [2.24, 2.45) is 0 Å². The predicted octanol–water partition coefficient (Wildman–Crippen LogP) is 1.65. The van der Waals surface area contributed by atoms with Crippen LogP contribution in [0.5, 0.6) is 0 Å². The minimum Gasteiger partial charge on any atom is -0.320 e. The van der Waals surface area contributed by atoms with E-state index in [-0.39, 0.29) is 0 Å². The molecule has 6 nitrogen and oxygen atoms in total. The highest BCUT2D eigenvalue weighted by Crippen LogP contribution is 2.22. The van der Waals surface area contributed by atoms with Crippen LogP contribution in [0, 0.1) is 17.0 Å². The van der Waals surface area contributed by atoms with Crippen LogP contribution in [0.3, 0.4) is 0 Å². The molecule has 0 saturated heterocycles. The van der Waals surface area contributed by atoms with Crippen LogP contribution < -0.4 is 5.56 Å². The van der Waals surface area contributed by atoms with Gasteiger partial charge in [0.2, 0.25) is 0 Å². The monoisotopic (exact) mass is 231 g/mol. The van der Waals surface area contributed by atoms with Crippen molar-refractivity contribution in [3.8, 4) is 11.1 Å². The van der Waals surface area contributed by atoms with Crippen molar-refractivity contribution in [3.63, 3.8) is 0 Å². The SMILES string of the molecule is Cc1[nH]c(=O)c([N+](=O)[O-])cc1-c1ccncc1. The summed E-state index contributed by atoms with van der Waals surface area (Å²) in [5.41, 5.74) is 0.843. The maximum Gasteiger partial charge on any atom is 0.334 e. The molecule has 0 fully saturated rings. The lowest BCUT2D eigenvalue weighted by atomic mass is 10.1. The summed E-state index contributed by atoms with van der Waals surface area (Å²) in [6, 6.07) is 4.73. The van der Waals surface area contributed by atoms with Crippen molar-refractivity contribution >= 4 is 5.69 Å². The van der Waals surface area contributed by atoms with Gasteiger partial charge in [0.15, 0.2) is 0 Å². The quantitative estimate of drug-likeness (QED) is 0.628. The summed E-state index contributed by atoms with van der Waals surface area (Å²) in [6.07, 6.45) is 3.18. The Morgan fingerprint density at radius 2 is 2.00 bits per heavy atom. The number of aryl methyl sites for hydroxylation is 1. The van der Waals surface area contributed by atoms with Crippen LogP contribution in [0.25, 0.3) is 11.1 Å². The fourth-order valence-electron chi connectivity index (χ4n) is 1.58. The Hall–Kier alpha value is -2.50. The molecule has 0 aliphatic carbocycles. The fourth-order valence-corrected chi connectivity index (χ4v) is 1.58. The van der Waals surface area contributed by atoms with E-state index in [2.05, 4.69) is 9.97 Å². The lowest BCUT2D eigenvalue weighted by Gasteiger charge is -2.04. The van der Waals surface area contributed by atoms with Crippen LogP contribution in [0.2, 0.25) is 0 Å². The summed E-state index contributed by atoms with van der Waals surface area (Å²) >= 11 is 0. The van der Waals surface area contributed by atoms with Gasteiger partial charge in [-0.05, 0) is 24.6 Å². The molecule has 2 aromatic heterocycles. The van der Waals surface area contributed by atoms with Crippen LogP contribution >= 0.6 is 0 Å². The normalized spacial score (nSPS) is 10.2. The van der Waals surface area contributed by atoms with E-state index in [0.717, 1.165) is 5.56 Å². The molecule has 0 bridgehead atoms. The molecule has 0 atom stereocenters. The van der Waals surface area contributed by atoms with Gasteiger partial charge in [-0.2, -0.15) is 0 Å². The molecule has 0 aromatic carbocycles. The van der Waals surface area contributed by atoms with E-state index in [1.165, 1.54) is 6.07 Å². The van der Waals surface area contributed by atoms with Crippen molar-refractivity contribution in [1.82, 2.24) is 9.97 Å². The Morgan fingerprint density at radius 3 is 2.59 bits per heavy atom. The molecule has 6 heteroatoms. The Kier molecular flexibility index (Phi) is 2.70. The molecule has 0 aliphatic rings. The number of nitro groups is 1. The van der Waals surface area contributed by atoms with Crippen molar-refractivity contribution in [3.05, 3.63) is 56.8 Å². The fraction of sp³-hybridized carbons (Fsp3) is 0.0909. The van der Waals surface area contributed by atoms with Gasteiger partial charge in [0.25, 0.3) is 0 Å². The highest BCUT2D eigenvalue weighted by atomic mass is 16.6. The number of hydrogen-bond acceptors (Lipinski definition) is 4. The largest absolute Gasteiger partial charge is 0.334 e. The van der Waals surface area contributed by atoms with Gasteiger partial charge in [0.05, 0.1) is 4.92 Å². The van der Waals surface area contributed by atoms with Crippen LogP contribution in [-0.4, -0.2) is 14.9 Å². The summed E-state index contributed by atoms with van der Waals surface area (Å²) < 4.78 is 0. The first kappa shape index (κ1) is 11.0. The molecule has 0 amide bonds. The topological polar surface area (TPSA) is 88.9 Å². The minimum atomic E-state index is -0.692. The van der Waals surface area contributed by atoms with Gasteiger partial charge in [-0.3, -0.25) is 19.9 Å². The average Bonchev–Trinajstić information content (AvgIpc) is 2.29. The summed E-state index contributed by atoms with van der Waals surface area (Å²) in [7, 11) is 0. The zero-order valence-electron chi connectivity index (χ0n) is 9.01. The summed E-state index contributed by atoms with van der Waals surface area (Å²) in [5.74, 6) is 0. The van der Waals surface area contributed by atoms with Gasteiger partial charge in [-0.1, -0.05) is 0 Å². The third-order valence-electron chi connectivity index (χ3n) is 2.41. The first-order chi connectivity index (χ1) is 8.09. The highest BCUT2D eigenvalue weighted by Gasteiger charge is 2.15. The van der Waals surface area contributed by atoms with E-state index in [9.17, 15) is 14.9 Å². The highest BCUT2D eigenvalue weighted by molar-refractivity contribution is 5.67. The third-order valence-corrected chi connectivity index (χ3v) is 2.41. The van der Waals surface area contributed by atoms with Crippen molar-refractivity contribution < 1.29 is 4.92 Å². The van der Waals surface area contributed by atoms with Gasteiger partial charge < -0.3 is 4.98 Å². The molecule has 86 valence electrons. The second-order valence-electron chi connectivity index (χ2n) is 3.52. The Morgan fingerprint density at radius 1 is 1.35 bits per heavy atom. The minimum absolute atomic E-state index is 0.456. The summed E-state index contributed by atoms with van der Waals surface area (Å²) in [4.78, 5) is 27.7. The molecule has 0 aliphatic heterocycles. The Bertz CT molecular complexity index is 620. The standard InChI is InChI=1S/C11H9N3O3/c1-7-9(8-2-4-12-5-3-8)6-10(14(16)17)11(15)13-7/h2-6H,1H3,(H,13,15). The first-order valence-corrected chi connectivity index (χ1v) is 4.88. The number of H-pyrrole nitrogens is 1. The maximum absolute atomic E-state index is 11.4.